The number of nitrogens with zero attached hydrogens (tertiary/aromatic N) is 2. The smallest absolute Gasteiger partial charge is 0.0403 e. The van der Waals surface area contributed by atoms with E-state index in [4.69, 9.17) is 0 Å². The monoisotopic (exact) mass is 232 g/mol. The van der Waals surface area contributed by atoms with Gasteiger partial charge in [0.2, 0.25) is 0 Å². The Hall–Kier alpha value is -0.890. The van der Waals surface area contributed by atoms with Gasteiger partial charge in [0.25, 0.3) is 0 Å². The third-order valence-electron chi connectivity index (χ3n) is 3.79. The molecule has 1 saturated heterocycles. The average molecular weight is 232 g/mol. The summed E-state index contributed by atoms with van der Waals surface area (Å²) in [6.45, 7) is 3.47. The van der Waals surface area contributed by atoms with Crippen molar-refractivity contribution >= 4 is 0 Å². The summed E-state index contributed by atoms with van der Waals surface area (Å²) in [6, 6.07) is 5.10. The van der Waals surface area contributed by atoms with Crippen molar-refractivity contribution in [1.29, 1.82) is 0 Å². The van der Waals surface area contributed by atoms with E-state index in [1.165, 1.54) is 49.9 Å². The molecule has 0 unspecified atom stereocenters. The van der Waals surface area contributed by atoms with Gasteiger partial charge in [0, 0.05) is 17.9 Å². The van der Waals surface area contributed by atoms with E-state index in [1.54, 1.807) is 0 Å². The van der Waals surface area contributed by atoms with Gasteiger partial charge in [-0.15, -0.1) is 0 Å². The van der Waals surface area contributed by atoms with Crippen LogP contribution in [0, 0.1) is 0 Å². The van der Waals surface area contributed by atoms with Crippen molar-refractivity contribution in [3.8, 4) is 0 Å². The van der Waals surface area contributed by atoms with Crippen molar-refractivity contribution in [3.05, 3.63) is 29.6 Å². The van der Waals surface area contributed by atoms with Crippen LogP contribution in [0.5, 0.6) is 0 Å². The van der Waals surface area contributed by atoms with Crippen LogP contribution in [0.15, 0.2) is 18.3 Å². The fourth-order valence-electron chi connectivity index (χ4n) is 2.67. The van der Waals surface area contributed by atoms with E-state index in [1.807, 2.05) is 0 Å². The van der Waals surface area contributed by atoms with Gasteiger partial charge in [-0.25, -0.2) is 0 Å². The Kier molecular flexibility index (Phi) is 4.55. The number of aryl methyl sites for hydroxylation is 1. The molecule has 0 amide bonds. The first kappa shape index (κ1) is 12.6. The lowest BCUT2D eigenvalue weighted by Gasteiger charge is -2.19. The highest BCUT2D eigenvalue weighted by Crippen LogP contribution is 2.29. The fourth-order valence-corrected chi connectivity index (χ4v) is 2.67. The molecule has 0 radical (unpaired) electrons. The second kappa shape index (κ2) is 6.15. The third-order valence-corrected chi connectivity index (χ3v) is 3.79. The van der Waals surface area contributed by atoms with Crippen LogP contribution in [-0.4, -0.2) is 23.5 Å². The molecular weight excluding hydrogens is 208 g/mol. The van der Waals surface area contributed by atoms with Gasteiger partial charge in [-0.05, 0) is 50.9 Å². The number of hydrogen-bond acceptors (Lipinski definition) is 2. The van der Waals surface area contributed by atoms with Gasteiger partial charge in [-0.1, -0.05) is 25.8 Å². The Balaban J connectivity index is 1.93. The highest BCUT2D eigenvalue weighted by atomic mass is 15.1. The molecule has 94 valence electrons. The summed E-state index contributed by atoms with van der Waals surface area (Å²) >= 11 is 0. The van der Waals surface area contributed by atoms with Gasteiger partial charge >= 0.3 is 0 Å². The quantitative estimate of drug-likeness (QED) is 0.721. The van der Waals surface area contributed by atoms with Crippen LogP contribution in [0.1, 0.15) is 56.3 Å². The highest BCUT2D eigenvalue weighted by molar-refractivity contribution is 5.19. The van der Waals surface area contributed by atoms with E-state index in [2.05, 4.69) is 42.2 Å². The van der Waals surface area contributed by atoms with Crippen LogP contribution in [0.4, 0.5) is 0 Å². The SMILES string of the molecule is CCCCCc1ccc([C@H]2CCCN2C)cn1. The van der Waals surface area contributed by atoms with Crippen molar-refractivity contribution in [2.24, 2.45) is 0 Å². The maximum Gasteiger partial charge on any atom is 0.0403 e. The van der Waals surface area contributed by atoms with Gasteiger partial charge in [-0.3, -0.25) is 9.88 Å². The van der Waals surface area contributed by atoms with Crippen molar-refractivity contribution in [2.45, 2.75) is 51.5 Å². The second-order valence-electron chi connectivity index (χ2n) is 5.18. The topological polar surface area (TPSA) is 16.1 Å². The van der Waals surface area contributed by atoms with Crippen LogP contribution in [0.25, 0.3) is 0 Å². The Bertz CT molecular complexity index is 331. The lowest BCUT2D eigenvalue weighted by Crippen LogP contribution is -2.17. The molecule has 2 heterocycles. The molecular formula is C15H24N2. The van der Waals surface area contributed by atoms with E-state index in [0.717, 1.165) is 6.42 Å². The van der Waals surface area contributed by atoms with Crippen molar-refractivity contribution < 1.29 is 0 Å². The summed E-state index contributed by atoms with van der Waals surface area (Å²) in [5.41, 5.74) is 2.65. The highest BCUT2D eigenvalue weighted by Gasteiger charge is 2.22. The minimum atomic E-state index is 0.604. The molecule has 2 heteroatoms. The zero-order valence-corrected chi connectivity index (χ0v) is 11.2. The van der Waals surface area contributed by atoms with E-state index in [-0.39, 0.29) is 0 Å². The van der Waals surface area contributed by atoms with E-state index in [0.29, 0.717) is 6.04 Å². The number of likely N-dealkylation sites (tertiary alicyclic amines) is 1. The predicted octanol–water partition coefficient (Wildman–Crippen LogP) is 3.58. The van der Waals surface area contributed by atoms with Crippen LogP contribution in [-0.2, 0) is 6.42 Å². The van der Waals surface area contributed by atoms with E-state index < -0.39 is 0 Å². The molecule has 0 spiro atoms. The Morgan fingerprint density at radius 3 is 2.82 bits per heavy atom. The number of hydrogen-bond donors (Lipinski definition) is 0. The standard InChI is InChI=1S/C15H24N2/c1-3-4-5-7-14-10-9-13(12-16-14)15-8-6-11-17(15)2/h9-10,12,15H,3-8,11H2,1-2H3/t15-/m1/s1. The maximum atomic E-state index is 4.60. The number of pyridine rings is 1. The molecule has 0 saturated carbocycles. The fraction of sp³-hybridized carbons (Fsp3) is 0.667. The summed E-state index contributed by atoms with van der Waals surface area (Å²) in [5.74, 6) is 0. The molecule has 0 aromatic carbocycles. The molecule has 1 aromatic rings. The number of unbranched alkanes of at least 4 members (excludes halogenated alkanes) is 2. The van der Waals surface area contributed by atoms with E-state index in [9.17, 15) is 0 Å². The Morgan fingerprint density at radius 1 is 1.35 bits per heavy atom. The van der Waals surface area contributed by atoms with Crippen molar-refractivity contribution in [2.75, 3.05) is 13.6 Å². The van der Waals surface area contributed by atoms with Crippen LogP contribution < -0.4 is 0 Å². The average Bonchev–Trinajstić information content (AvgIpc) is 2.77. The van der Waals surface area contributed by atoms with Crippen LogP contribution in [0.2, 0.25) is 0 Å². The maximum absolute atomic E-state index is 4.60. The molecule has 1 aromatic heterocycles. The third kappa shape index (κ3) is 3.29. The molecule has 0 bridgehead atoms. The van der Waals surface area contributed by atoms with Gasteiger partial charge in [0.15, 0.2) is 0 Å². The number of rotatable bonds is 5. The molecule has 0 aliphatic carbocycles. The first-order chi connectivity index (χ1) is 8.31. The van der Waals surface area contributed by atoms with Gasteiger partial charge in [0.1, 0.15) is 0 Å². The van der Waals surface area contributed by atoms with E-state index >= 15 is 0 Å². The number of aromatic nitrogens is 1. The Labute approximate surface area is 105 Å². The molecule has 0 N–H and O–H groups in total. The molecule has 2 nitrogen and oxygen atoms in total. The van der Waals surface area contributed by atoms with Crippen LogP contribution in [0.3, 0.4) is 0 Å². The summed E-state index contributed by atoms with van der Waals surface area (Å²) in [7, 11) is 2.22. The van der Waals surface area contributed by atoms with Gasteiger partial charge in [0.05, 0.1) is 0 Å². The largest absolute Gasteiger partial charge is 0.299 e. The zero-order chi connectivity index (χ0) is 12.1. The molecule has 1 fully saturated rings. The summed E-state index contributed by atoms with van der Waals surface area (Å²) in [6.07, 6.45) is 9.70. The normalized spacial score (nSPS) is 20.9. The predicted molar refractivity (Wildman–Crippen MR) is 72.1 cm³/mol. The molecule has 1 atom stereocenters. The molecule has 1 aliphatic rings. The van der Waals surface area contributed by atoms with Crippen LogP contribution >= 0.6 is 0 Å². The van der Waals surface area contributed by atoms with Gasteiger partial charge in [-0.2, -0.15) is 0 Å². The summed E-state index contributed by atoms with van der Waals surface area (Å²) in [5, 5.41) is 0. The molecule has 17 heavy (non-hydrogen) atoms. The van der Waals surface area contributed by atoms with Crippen molar-refractivity contribution in [3.63, 3.8) is 0 Å². The zero-order valence-electron chi connectivity index (χ0n) is 11.2. The lowest BCUT2D eigenvalue weighted by atomic mass is 10.1. The molecule has 2 rings (SSSR count). The van der Waals surface area contributed by atoms with Crippen molar-refractivity contribution in [1.82, 2.24) is 9.88 Å². The summed E-state index contributed by atoms with van der Waals surface area (Å²) in [4.78, 5) is 7.04. The molecule has 1 aliphatic heterocycles. The first-order valence-corrected chi connectivity index (χ1v) is 6.96. The second-order valence-corrected chi connectivity index (χ2v) is 5.18. The Morgan fingerprint density at radius 2 is 2.24 bits per heavy atom. The van der Waals surface area contributed by atoms with Gasteiger partial charge < -0.3 is 0 Å². The minimum Gasteiger partial charge on any atom is -0.299 e. The lowest BCUT2D eigenvalue weighted by molar-refractivity contribution is 0.317. The first-order valence-electron chi connectivity index (χ1n) is 6.96. The summed E-state index contributed by atoms with van der Waals surface area (Å²) < 4.78 is 0. The minimum absolute atomic E-state index is 0.604.